The molecule has 3 aromatic rings. The fraction of sp³-hybridized carbons (Fsp3) is 0.222. The number of aromatic nitrogens is 4. The van der Waals surface area contributed by atoms with E-state index in [9.17, 15) is 22.8 Å². The monoisotopic (exact) mass is 389 g/mol. The Morgan fingerprint density at radius 2 is 1.93 bits per heavy atom. The second-order valence-corrected chi connectivity index (χ2v) is 6.43. The van der Waals surface area contributed by atoms with Crippen LogP contribution in [0.15, 0.2) is 47.4 Å². The number of rotatable bonds is 4. The van der Waals surface area contributed by atoms with Gasteiger partial charge in [-0.25, -0.2) is 4.68 Å². The van der Waals surface area contributed by atoms with E-state index in [2.05, 4.69) is 15.6 Å². The molecule has 0 bridgehead atoms. The lowest BCUT2D eigenvalue weighted by Gasteiger charge is -2.09. The van der Waals surface area contributed by atoms with Crippen molar-refractivity contribution in [1.82, 2.24) is 20.0 Å². The van der Waals surface area contributed by atoms with E-state index in [4.69, 9.17) is 0 Å². The summed E-state index contributed by atoms with van der Waals surface area (Å²) in [5.74, 6) is -0.704. The molecule has 1 saturated carbocycles. The molecule has 1 aromatic carbocycles. The maximum absolute atomic E-state index is 12.9. The highest BCUT2D eigenvalue weighted by Gasteiger charge is 2.35. The SMILES string of the molecule is O=C(Nc1cc(C(F)(F)F)c[nH]c1=O)c1nnn(-c2ccccc2)c1C1CC1. The summed E-state index contributed by atoms with van der Waals surface area (Å²) in [5.41, 5.74) is -1.14. The van der Waals surface area contributed by atoms with Crippen molar-refractivity contribution >= 4 is 11.6 Å². The summed E-state index contributed by atoms with van der Waals surface area (Å²) in [6.45, 7) is 0. The second kappa shape index (κ2) is 6.63. The number of carbonyl (C=O) groups excluding carboxylic acids is 1. The summed E-state index contributed by atoms with van der Waals surface area (Å²) in [6, 6.07) is 9.67. The van der Waals surface area contributed by atoms with Crippen LogP contribution in [0.1, 0.15) is 40.5 Å². The Balaban J connectivity index is 1.69. The number of nitrogens with one attached hydrogen (secondary N) is 2. The number of hydrogen-bond acceptors (Lipinski definition) is 4. The zero-order valence-corrected chi connectivity index (χ0v) is 14.3. The molecule has 4 rings (SSSR count). The average molecular weight is 389 g/mol. The second-order valence-electron chi connectivity index (χ2n) is 6.43. The van der Waals surface area contributed by atoms with Crippen molar-refractivity contribution in [3.8, 4) is 5.69 Å². The molecule has 144 valence electrons. The van der Waals surface area contributed by atoms with Crippen molar-refractivity contribution in [2.75, 3.05) is 5.32 Å². The summed E-state index contributed by atoms with van der Waals surface area (Å²) in [5, 5.41) is 10.2. The molecule has 0 spiro atoms. The highest BCUT2D eigenvalue weighted by Crippen LogP contribution is 2.42. The first-order valence-corrected chi connectivity index (χ1v) is 8.47. The van der Waals surface area contributed by atoms with E-state index in [0.29, 0.717) is 23.6 Å². The normalized spacial score (nSPS) is 14.1. The molecule has 0 aliphatic heterocycles. The number of carbonyl (C=O) groups is 1. The van der Waals surface area contributed by atoms with Crippen LogP contribution in [0.2, 0.25) is 0 Å². The quantitative estimate of drug-likeness (QED) is 0.717. The minimum Gasteiger partial charge on any atom is -0.327 e. The van der Waals surface area contributed by atoms with E-state index in [1.165, 1.54) is 0 Å². The summed E-state index contributed by atoms with van der Waals surface area (Å²) < 4.78 is 40.2. The first-order chi connectivity index (χ1) is 13.3. The van der Waals surface area contributed by atoms with Gasteiger partial charge in [0.2, 0.25) is 0 Å². The molecule has 1 fully saturated rings. The standard InChI is InChI=1S/C18H14F3N5O2/c19-18(20,21)11-8-13(16(27)22-9-11)23-17(28)14-15(10-6-7-10)26(25-24-14)12-4-2-1-3-5-12/h1-5,8-10H,6-7H2,(H,22,27)(H,23,28). The van der Waals surface area contributed by atoms with E-state index in [1.807, 2.05) is 23.2 Å². The van der Waals surface area contributed by atoms with Gasteiger partial charge < -0.3 is 10.3 Å². The lowest BCUT2D eigenvalue weighted by atomic mass is 10.2. The maximum atomic E-state index is 12.9. The van der Waals surface area contributed by atoms with Gasteiger partial charge in [0.25, 0.3) is 11.5 Å². The molecule has 0 atom stereocenters. The largest absolute Gasteiger partial charge is 0.417 e. The van der Waals surface area contributed by atoms with Crippen LogP contribution in [-0.2, 0) is 6.18 Å². The minimum absolute atomic E-state index is 0.0110. The summed E-state index contributed by atoms with van der Waals surface area (Å²) in [4.78, 5) is 26.5. The predicted molar refractivity (Wildman–Crippen MR) is 93.4 cm³/mol. The summed E-state index contributed by atoms with van der Waals surface area (Å²) >= 11 is 0. The lowest BCUT2D eigenvalue weighted by molar-refractivity contribution is -0.137. The molecule has 1 aliphatic carbocycles. The minimum atomic E-state index is -4.65. The zero-order chi connectivity index (χ0) is 19.9. The number of alkyl halides is 3. The van der Waals surface area contributed by atoms with Crippen LogP contribution in [-0.4, -0.2) is 25.9 Å². The van der Waals surface area contributed by atoms with Gasteiger partial charge in [0.05, 0.1) is 16.9 Å². The molecule has 2 aromatic heterocycles. The molecule has 7 nitrogen and oxygen atoms in total. The Labute approximate surface area is 156 Å². The molecule has 10 heteroatoms. The van der Waals surface area contributed by atoms with Crippen molar-refractivity contribution in [3.05, 3.63) is 69.9 Å². The van der Waals surface area contributed by atoms with Gasteiger partial charge in [0.1, 0.15) is 5.69 Å². The first-order valence-electron chi connectivity index (χ1n) is 8.47. The number of hydrogen-bond donors (Lipinski definition) is 2. The van der Waals surface area contributed by atoms with Crippen LogP contribution in [0.5, 0.6) is 0 Å². The highest BCUT2D eigenvalue weighted by atomic mass is 19.4. The van der Waals surface area contributed by atoms with Crippen LogP contribution >= 0.6 is 0 Å². The Hall–Kier alpha value is -3.43. The van der Waals surface area contributed by atoms with Gasteiger partial charge in [-0.15, -0.1) is 5.10 Å². The number of amides is 1. The average Bonchev–Trinajstić information content (AvgIpc) is 3.41. The van der Waals surface area contributed by atoms with Crippen molar-refractivity contribution in [2.24, 2.45) is 0 Å². The van der Waals surface area contributed by atoms with Crippen molar-refractivity contribution in [2.45, 2.75) is 24.9 Å². The number of anilines is 1. The van der Waals surface area contributed by atoms with Crippen molar-refractivity contribution in [1.29, 1.82) is 0 Å². The Kier molecular flexibility index (Phi) is 4.25. The number of aromatic amines is 1. The van der Waals surface area contributed by atoms with E-state index >= 15 is 0 Å². The lowest BCUT2D eigenvalue weighted by Crippen LogP contribution is -2.22. The Morgan fingerprint density at radius 3 is 2.57 bits per heavy atom. The third-order valence-corrected chi connectivity index (χ3v) is 4.36. The molecule has 28 heavy (non-hydrogen) atoms. The molecule has 2 heterocycles. The topological polar surface area (TPSA) is 92.7 Å². The van der Waals surface area contributed by atoms with E-state index in [0.717, 1.165) is 12.8 Å². The third kappa shape index (κ3) is 3.40. The van der Waals surface area contributed by atoms with Crippen LogP contribution in [0.4, 0.5) is 18.9 Å². The van der Waals surface area contributed by atoms with Crippen LogP contribution in [0, 0.1) is 0 Å². The molecule has 2 N–H and O–H groups in total. The number of halogens is 3. The molecule has 1 aliphatic rings. The smallest absolute Gasteiger partial charge is 0.327 e. The molecule has 0 radical (unpaired) electrons. The van der Waals surface area contributed by atoms with Crippen molar-refractivity contribution in [3.63, 3.8) is 0 Å². The highest BCUT2D eigenvalue weighted by molar-refractivity contribution is 6.03. The fourth-order valence-corrected chi connectivity index (χ4v) is 2.86. The molecule has 0 unspecified atom stereocenters. The van der Waals surface area contributed by atoms with Crippen molar-refractivity contribution < 1.29 is 18.0 Å². The van der Waals surface area contributed by atoms with E-state index < -0.39 is 28.9 Å². The van der Waals surface area contributed by atoms with Gasteiger partial charge in [-0.3, -0.25) is 9.59 Å². The van der Waals surface area contributed by atoms with E-state index in [-0.39, 0.29) is 11.6 Å². The number of nitrogens with zero attached hydrogens (tertiary/aromatic N) is 3. The molecule has 0 saturated heterocycles. The number of H-pyrrole nitrogens is 1. The van der Waals surface area contributed by atoms with Gasteiger partial charge >= 0.3 is 6.18 Å². The first kappa shape index (κ1) is 18.0. The third-order valence-electron chi connectivity index (χ3n) is 4.36. The van der Waals surface area contributed by atoms with Gasteiger partial charge in [0, 0.05) is 12.1 Å². The summed E-state index contributed by atoms with van der Waals surface area (Å²) in [6.07, 6.45) is -2.39. The van der Waals surface area contributed by atoms with Gasteiger partial charge in [-0.2, -0.15) is 13.2 Å². The van der Waals surface area contributed by atoms with Crippen LogP contribution in [0.3, 0.4) is 0 Å². The number of pyridine rings is 1. The fourth-order valence-electron chi connectivity index (χ4n) is 2.86. The number of benzene rings is 1. The number of para-hydroxylation sites is 1. The van der Waals surface area contributed by atoms with E-state index in [1.54, 1.807) is 16.8 Å². The van der Waals surface area contributed by atoms with Gasteiger partial charge in [0.15, 0.2) is 5.69 Å². The molecular formula is C18H14F3N5O2. The van der Waals surface area contributed by atoms with Gasteiger partial charge in [-0.1, -0.05) is 23.4 Å². The zero-order valence-electron chi connectivity index (χ0n) is 14.3. The summed E-state index contributed by atoms with van der Waals surface area (Å²) in [7, 11) is 0. The van der Waals surface area contributed by atoms with Gasteiger partial charge in [-0.05, 0) is 31.0 Å². The Bertz CT molecular complexity index is 1080. The molecule has 1 amide bonds. The predicted octanol–water partition coefficient (Wildman–Crippen LogP) is 3.10. The Morgan fingerprint density at radius 1 is 1.21 bits per heavy atom. The van der Waals surface area contributed by atoms with Crippen LogP contribution < -0.4 is 10.9 Å². The maximum Gasteiger partial charge on any atom is 0.417 e. The molecular weight excluding hydrogens is 375 g/mol. The van der Waals surface area contributed by atoms with Crippen LogP contribution in [0.25, 0.3) is 5.69 Å².